The van der Waals surface area contributed by atoms with Crippen molar-refractivity contribution in [2.75, 3.05) is 0 Å². The van der Waals surface area contributed by atoms with Crippen molar-refractivity contribution in [2.24, 2.45) is 0 Å². The molecule has 2 aliphatic carbocycles. The second-order valence-electron chi connectivity index (χ2n) is 18.5. The van der Waals surface area contributed by atoms with Gasteiger partial charge in [0.1, 0.15) is 5.65 Å². The van der Waals surface area contributed by atoms with Crippen molar-refractivity contribution in [1.82, 2.24) is 8.80 Å². The van der Waals surface area contributed by atoms with Crippen molar-refractivity contribution in [1.29, 1.82) is 0 Å². The zero-order chi connectivity index (χ0) is 34.0. The molecule has 4 heterocycles. The highest BCUT2D eigenvalue weighted by Crippen LogP contribution is 2.57. The molecule has 242 valence electrons. The number of rotatable bonds is 1. The van der Waals surface area contributed by atoms with Crippen LogP contribution in [0.3, 0.4) is 0 Å². The van der Waals surface area contributed by atoms with Crippen LogP contribution < -0.4 is 16.4 Å². The van der Waals surface area contributed by atoms with E-state index in [-0.39, 0.29) is 28.4 Å². The number of pyridine rings is 1. The van der Waals surface area contributed by atoms with Crippen LogP contribution in [0.2, 0.25) is 0 Å². The van der Waals surface area contributed by atoms with E-state index in [1.54, 1.807) is 0 Å². The van der Waals surface area contributed by atoms with Gasteiger partial charge in [-0.15, -0.1) is 0 Å². The third-order valence-corrected chi connectivity index (χ3v) is 14.6. The normalized spacial score (nSPS) is 19.3. The standard InChI is InChI=1S/C47H41BN2/c1-44(2)24-45(3,4)31-23-36-28(21-30(31)44)38-27-16-12-13-25-17-19-33-41(37(25)27)50-42-34(48(33)26-14-10-9-11-15-26)22-32-39-29(46(5,6)47(32,7)8)18-20-35(40(39)42)49(36)43(38)50/h9-23H,24H2,1-8H3. The number of aromatic nitrogens is 2. The van der Waals surface area contributed by atoms with Crippen LogP contribution in [0.1, 0.15) is 84.1 Å². The largest absolute Gasteiger partial charge is 0.295 e. The van der Waals surface area contributed by atoms with Gasteiger partial charge in [-0.05, 0) is 95.6 Å². The molecule has 0 atom stereocenters. The average Bonchev–Trinajstić information content (AvgIpc) is 3.58. The number of hydrogen-bond acceptors (Lipinski definition) is 0. The minimum Gasteiger partial charge on any atom is -0.295 e. The summed E-state index contributed by atoms with van der Waals surface area (Å²) in [5.74, 6) is 0. The van der Waals surface area contributed by atoms with Gasteiger partial charge in [-0.3, -0.25) is 8.80 Å². The summed E-state index contributed by atoms with van der Waals surface area (Å²) in [4.78, 5) is 0. The summed E-state index contributed by atoms with van der Waals surface area (Å²) in [6, 6.07) is 36.0. The molecule has 0 radical (unpaired) electrons. The van der Waals surface area contributed by atoms with Gasteiger partial charge in [0, 0.05) is 21.5 Å². The lowest BCUT2D eigenvalue weighted by atomic mass is 9.35. The Hall–Kier alpha value is -4.76. The molecule has 0 fully saturated rings. The smallest absolute Gasteiger partial charge is 0.246 e. The van der Waals surface area contributed by atoms with Gasteiger partial charge < -0.3 is 0 Å². The molecule has 3 aliphatic rings. The molecule has 12 rings (SSSR count). The topological polar surface area (TPSA) is 8.82 Å². The maximum absolute atomic E-state index is 2.74. The minimum atomic E-state index is -0.0242. The number of benzene rings is 6. The van der Waals surface area contributed by atoms with Crippen LogP contribution in [-0.2, 0) is 21.7 Å². The molecule has 3 heteroatoms. The lowest BCUT2D eigenvalue weighted by Gasteiger charge is -2.37. The summed E-state index contributed by atoms with van der Waals surface area (Å²) in [7, 11) is 0. The molecule has 0 saturated carbocycles. The summed E-state index contributed by atoms with van der Waals surface area (Å²) in [6.07, 6.45) is 1.16. The Morgan fingerprint density at radius 1 is 0.500 bits per heavy atom. The summed E-state index contributed by atoms with van der Waals surface area (Å²) in [6.45, 7) is 19.9. The summed E-state index contributed by atoms with van der Waals surface area (Å²) < 4.78 is 5.43. The van der Waals surface area contributed by atoms with Crippen molar-refractivity contribution >= 4 is 88.5 Å². The first-order chi connectivity index (χ1) is 23.8. The highest BCUT2D eigenvalue weighted by Gasteiger charge is 2.49. The van der Waals surface area contributed by atoms with Crippen LogP contribution in [0.4, 0.5) is 0 Å². The molecule has 0 spiro atoms. The van der Waals surface area contributed by atoms with Crippen molar-refractivity contribution < 1.29 is 0 Å². The van der Waals surface area contributed by atoms with E-state index in [1.807, 2.05) is 0 Å². The maximum Gasteiger partial charge on any atom is 0.246 e. The van der Waals surface area contributed by atoms with E-state index in [4.69, 9.17) is 0 Å². The zero-order valence-electron chi connectivity index (χ0n) is 30.3. The van der Waals surface area contributed by atoms with Gasteiger partial charge in [-0.2, -0.15) is 0 Å². The number of nitrogens with zero attached hydrogens (tertiary/aromatic N) is 2. The molecule has 3 aromatic heterocycles. The third-order valence-electron chi connectivity index (χ3n) is 14.6. The van der Waals surface area contributed by atoms with Crippen LogP contribution in [0.25, 0.3) is 65.4 Å². The third kappa shape index (κ3) is 2.79. The van der Waals surface area contributed by atoms with E-state index in [2.05, 4.69) is 155 Å². The van der Waals surface area contributed by atoms with Crippen molar-refractivity contribution in [3.63, 3.8) is 0 Å². The fourth-order valence-electron chi connectivity index (χ4n) is 11.9. The van der Waals surface area contributed by atoms with Gasteiger partial charge in [-0.1, -0.05) is 134 Å². The van der Waals surface area contributed by atoms with Crippen LogP contribution in [0, 0.1) is 0 Å². The van der Waals surface area contributed by atoms with Gasteiger partial charge in [0.15, 0.2) is 0 Å². The monoisotopic (exact) mass is 644 g/mol. The lowest BCUT2D eigenvalue weighted by molar-refractivity contribution is 0.322. The molecular formula is C47H41BN2. The Kier molecular flexibility index (Phi) is 4.52. The molecular weight excluding hydrogens is 603 g/mol. The van der Waals surface area contributed by atoms with E-state index in [0.29, 0.717) is 0 Å². The highest BCUT2D eigenvalue weighted by molar-refractivity contribution is 6.98. The second-order valence-corrected chi connectivity index (χ2v) is 18.5. The first-order valence-electron chi connectivity index (χ1n) is 18.6. The summed E-state index contributed by atoms with van der Waals surface area (Å²) >= 11 is 0. The van der Waals surface area contributed by atoms with Crippen LogP contribution in [0.15, 0.2) is 91.0 Å². The molecule has 0 amide bonds. The van der Waals surface area contributed by atoms with Gasteiger partial charge in [0.25, 0.3) is 0 Å². The first-order valence-corrected chi connectivity index (χ1v) is 18.6. The Morgan fingerprint density at radius 2 is 1.22 bits per heavy atom. The van der Waals surface area contributed by atoms with Crippen molar-refractivity contribution in [2.45, 2.75) is 83.5 Å². The van der Waals surface area contributed by atoms with E-state index in [0.717, 1.165) is 6.42 Å². The zero-order valence-corrected chi connectivity index (χ0v) is 30.3. The molecule has 0 unspecified atom stereocenters. The Morgan fingerprint density at radius 3 is 2.00 bits per heavy atom. The fourth-order valence-corrected chi connectivity index (χ4v) is 11.9. The molecule has 50 heavy (non-hydrogen) atoms. The molecule has 0 bridgehead atoms. The van der Waals surface area contributed by atoms with Crippen LogP contribution in [-0.4, -0.2) is 15.5 Å². The quantitative estimate of drug-likeness (QED) is 0.0956. The van der Waals surface area contributed by atoms with Gasteiger partial charge in [0.2, 0.25) is 6.71 Å². The SMILES string of the molecule is CC1(C)CC(C)(C)c2cc3c(cc21)c1c2cccc4ccc5c(c42)n2c4c(cc6c7c(ccc(c74)n3c12)C(C)(C)C6(C)C)B5c1ccccc1. The minimum absolute atomic E-state index is 0.00467. The average molecular weight is 645 g/mol. The van der Waals surface area contributed by atoms with E-state index < -0.39 is 0 Å². The molecule has 6 aromatic carbocycles. The van der Waals surface area contributed by atoms with Gasteiger partial charge in [-0.25, -0.2) is 0 Å². The van der Waals surface area contributed by atoms with E-state index in [1.165, 1.54) is 104 Å². The molecule has 1 aliphatic heterocycles. The van der Waals surface area contributed by atoms with Crippen molar-refractivity contribution in [3.8, 4) is 0 Å². The van der Waals surface area contributed by atoms with Gasteiger partial charge in [0.05, 0.1) is 22.1 Å². The fraction of sp³-hybridized carbons (Fsp3) is 0.277. The Balaban J connectivity index is 1.45. The molecule has 0 N–H and O–H groups in total. The number of hydrogen-bond donors (Lipinski definition) is 0. The molecule has 9 aromatic rings. The van der Waals surface area contributed by atoms with Crippen molar-refractivity contribution in [3.05, 3.63) is 113 Å². The molecule has 0 saturated heterocycles. The lowest BCUT2D eigenvalue weighted by Crippen LogP contribution is -2.55. The van der Waals surface area contributed by atoms with E-state index >= 15 is 0 Å². The van der Waals surface area contributed by atoms with Crippen LogP contribution >= 0.6 is 0 Å². The predicted molar refractivity (Wildman–Crippen MR) is 215 cm³/mol. The Bertz CT molecular complexity index is 3050. The molecule has 2 nitrogen and oxygen atoms in total. The second kappa shape index (κ2) is 8.07. The predicted octanol–water partition coefficient (Wildman–Crippen LogP) is 9.75. The van der Waals surface area contributed by atoms with Gasteiger partial charge >= 0.3 is 0 Å². The summed E-state index contributed by atoms with van der Waals surface area (Å²) in [5.41, 5.74) is 17.3. The number of fused-ring (bicyclic) bond motifs is 6. The highest BCUT2D eigenvalue weighted by atomic mass is 15.1. The summed E-state index contributed by atoms with van der Waals surface area (Å²) in [5, 5.41) is 9.80. The Labute approximate surface area is 293 Å². The van der Waals surface area contributed by atoms with E-state index in [9.17, 15) is 0 Å². The first kappa shape index (κ1) is 28.0. The maximum atomic E-state index is 2.74. The van der Waals surface area contributed by atoms with Crippen LogP contribution in [0.5, 0.6) is 0 Å².